The number of carbonyl (C=O) groups excluding carboxylic acids is 1. The molecule has 82 valence electrons. The fourth-order valence-corrected chi connectivity index (χ4v) is 0.659. The number of aliphatic hydroxyl groups excluding tert-OH is 4. The summed E-state index contributed by atoms with van der Waals surface area (Å²) < 4.78 is 0. The summed E-state index contributed by atoms with van der Waals surface area (Å²) >= 11 is 0. The molecular weight excluding hydrogens is 200 g/mol. The molecule has 0 aromatic rings. The van der Waals surface area contributed by atoms with Crippen LogP contribution in [0.1, 0.15) is 0 Å². The molecule has 0 radical (unpaired) electrons. The molecule has 0 heterocycles. The molecule has 0 fully saturated rings. The number of carboxylic acid groups (broad SMARTS) is 2. The maximum atomic E-state index is 10.1. The molecule has 14 heavy (non-hydrogen) atoms. The first kappa shape index (κ1) is 12.8. The first-order valence-corrected chi connectivity index (χ1v) is 3.45. The molecule has 5 N–H and O–H groups in total. The van der Waals surface area contributed by atoms with Crippen LogP contribution in [0.3, 0.4) is 0 Å². The minimum Gasteiger partial charge on any atom is -0.547 e. The van der Waals surface area contributed by atoms with Crippen LogP contribution in [0.4, 0.5) is 0 Å². The summed E-state index contributed by atoms with van der Waals surface area (Å²) in [6, 6.07) is 0. The van der Waals surface area contributed by atoms with Gasteiger partial charge in [0.2, 0.25) is 0 Å². The molecule has 4 atom stereocenters. The number of hydrogen-bond donors (Lipinski definition) is 5. The molecule has 0 bridgehead atoms. The standard InChI is InChI=1S/C6H10O8/c7-1(3(9)5(11)12)2(8)4(10)6(13)14/h1-4,7-10H,(H,11,12)(H,13,14)/p-1/t1-,2-,3-,4+/m0/s1. The Hall–Kier alpha value is -1.22. The second kappa shape index (κ2) is 4.86. The zero-order chi connectivity index (χ0) is 11.5. The van der Waals surface area contributed by atoms with E-state index in [1.165, 1.54) is 0 Å². The van der Waals surface area contributed by atoms with Crippen LogP contribution in [0.25, 0.3) is 0 Å². The van der Waals surface area contributed by atoms with Crippen molar-refractivity contribution in [2.75, 3.05) is 0 Å². The maximum absolute atomic E-state index is 10.1. The number of hydrogen-bond acceptors (Lipinski definition) is 7. The van der Waals surface area contributed by atoms with Crippen LogP contribution < -0.4 is 5.11 Å². The first-order valence-electron chi connectivity index (χ1n) is 3.45. The summed E-state index contributed by atoms with van der Waals surface area (Å²) in [7, 11) is 0. The molecule has 0 aliphatic heterocycles. The third kappa shape index (κ3) is 2.92. The Labute approximate surface area is 77.7 Å². The van der Waals surface area contributed by atoms with Crippen molar-refractivity contribution in [1.82, 2.24) is 0 Å². The van der Waals surface area contributed by atoms with Gasteiger partial charge in [-0.2, -0.15) is 0 Å². The SMILES string of the molecule is O=C(O)[C@@H](O)[C@@H](O)[C@H](O)[C@@H](O)C(=O)[O-]. The van der Waals surface area contributed by atoms with Crippen molar-refractivity contribution in [1.29, 1.82) is 0 Å². The van der Waals surface area contributed by atoms with Crippen LogP contribution in [-0.4, -0.2) is 61.9 Å². The van der Waals surface area contributed by atoms with E-state index in [9.17, 15) is 14.7 Å². The lowest BCUT2D eigenvalue weighted by molar-refractivity contribution is -0.320. The van der Waals surface area contributed by atoms with Crippen LogP contribution >= 0.6 is 0 Å². The number of aliphatic hydroxyl groups is 4. The summed E-state index contributed by atoms with van der Waals surface area (Å²) in [5, 5.41) is 53.1. The van der Waals surface area contributed by atoms with E-state index in [-0.39, 0.29) is 0 Å². The Morgan fingerprint density at radius 2 is 1.29 bits per heavy atom. The Balaban J connectivity index is 4.45. The molecule has 0 saturated heterocycles. The van der Waals surface area contributed by atoms with Gasteiger partial charge in [0.05, 0.1) is 5.97 Å². The predicted octanol–water partition coefficient (Wildman–Crippen LogP) is -4.74. The minimum atomic E-state index is -2.47. The van der Waals surface area contributed by atoms with Crippen molar-refractivity contribution in [3.63, 3.8) is 0 Å². The minimum absolute atomic E-state index is 1.86. The Morgan fingerprint density at radius 1 is 0.929 bits per heavy atom. The van der Waals surface area contributed by atoms with Gasteiger partial charge in [-0.05, 0) is 0 Å². The van der Waals surface area contributed by atoms with E-state index >= 15 is 0 Å². The highest BCUT2D eigenvalue weighted by Gasteiger charge is 2.34. The molecular formula is C6H9O8-. The molecule has 0 aromatic heterocycles. The lowest BCUT2D eigenvalue weighted by Crippen LogP contribution is -2.53. The Kier molecular flexibility index (Phi) is 4.44. The highest BCUT2D eigenvalue weighted by Crippen LogP contribution is 2.04. The van der Waals surface area contributed by atoms with Crippen molar-refractivity contribution >= 4 is 11.9 Å². The third-order valence-electron chi connectivity index (χ3n) is 1.49. The fraction of sp³-hybridized carbons (Fsp3) is 0.667. The summed E-state index contributed by atoms with van der Waals surface area (Å²) in [5.41, 5.74) is 0. The third-order valence-corrected chi connectivity index (χ3v) is 1.49. The lowest BCUT2D eigenvalue weighted by atomic mass is 10.0. The second-order valence-corrected chi connectivity index (χ2v) is 2.53. The maximum Gasteiger partial charge on any atom is 0.335 e. The van der Waals surface area contributed by atoms with E-state index < -0.39 is 36.4 Å². The summed E-state index contributed by atoms with van der Waals surface area (Å²) in [6.45, 7) is 0. The molecule has 0 aliphatic rings. The summed E-state index contributed by atoms with van der Waals surface area (Å²) in [5.74, 6) is -3.95. The van der Waals surface area contributed by atoms with E-state index in [2.05, 4.69) is 0 Å². The van der Waals surface area contributed by atoms with Gasteiger partial charge in [0.15, 0.2) is 6.10 Å². The second-order valence-electron chi connectivity index (χ2n) is 2.53. The summed E-state index contributed by atoms with van der Waals surface area (Å²) in [6.07, 6.45) is -9.52. The van der Waals surface area contributed by atoms with E-state index in [1.807, 2.05) is 0 Å². The summed E-state index contributed by atoms with van der Waals surface area (Å²) in [4.78, 5) is 20.0. The molecule has 0 amide bonds. The molecule has 0 aromatic carbocycles. The molecule has 8 heteroatoms. The largest absolute Gasteiger partial charge is 0.547 e. The highest BCUT2D eigenvalue weighted by atomic mass is 16.4. The topological polar surface area (TPSA) is 158 Å². The van der Waals surface area contributed by atoms with Crippen LogP contribution in [0.15, 0.2) is 0 Å². The van der Waals surface area contributed by atoms with Gasteiger partial charge in [-0.3, -0.25) is 0 Å². The molecule has 0 unspecified atom stereocenters. The van der Waals surface area contributed by atoms with Gasteiger partial charge in [0, 0.05) is 0 Å². The highest BCUT2D eigenvalue weighted by molar-refractivity contribution is 5.74. The van der Waals surface area contributed by atoms with Gasteiger partial charge in [-0.1, -0.05) is 0 Å². The van der Waals surface area contributed by atoms with Crippen molar-refractivity contribution in [3.8, 4) is 0 Å². The van der Waals surface area contributed by atoms with Crippen LogP contribution in [0.2, 0.25) is 0 Å². The van der Waals surface area contributed by atoms with Gasteiger partial charge in [-0.15, -0.1) is 0 Å². The average Bonchev–Trinajstić information content (AvgIpc) is 2.12. The number of carboxylic acids is 2. The van der Waals surface area contributed by atoms with E-state index in [1.54, 1.807) is 0 Å². The van der Waals surface area contributed by atoms with E-state index in [0.717, 1.165) is 0 Å². The van der Waals surface area contributed by atoms with Gasteiger partial charge >= 0.3 is 5.97 Å². The smallest absolute Gasteiger partial charge is 0.335 e. The van der Waals surface area contributed by atoms with Gasteiger partial charge < -0.3 is 35.4 Å². The van der Waals surface area contributed by atoms with Gasteiger partial charge in [0.1, 0.15) is 18.3 Å². The molecule has 0 aliphatic carbocycles. The van der Waals surface area contributed by atoms with E-state index in [0.29, 0.717) is 0 Å². The van der Waals surface area contributed by atoms with Crippen LogP contribution in [0.5, 0.6) is 0 Å². The fourth-order valence-electron chi connectivity index (χ4n) is 0.659. The predicted molar refractivity (Wildman–Crippen MR) is 36.7 cm³/mol. The first-order chi connectivity index (χ1) is 6.29. The quantitative estimate of drug-likeness (QED) is 0.302. The molecule has 0 rings (SSSR count). The van der Waals surface area contributed by atoms with Gasteiger partial charge in [0.25, 0.3) is 0 Å². The monoisotopic (exact) mass is 209 g/mol. The number of rotatable bonds is 5. The Morgan fingerprint density at radius 3 is 1.57 bits per heavy atom. The number of aliphatic carboxylic acids is 2. The average molecular weight is 209 g/mol. The molecule has 8 nitrogen and oxygen atoms in total. The van der Waals surface area contributed by atoms with Crippen molar-refractivity contribution in [2.24, 2.45) is 0 Å². The van der Waals surface area contributed by atoms with Crippen LogP contribution in [-0.2, 0) is 9.59 Å². The lowest BCUT2D eigenvalue weighted by Gasteiger charge is -2.24. The van der Waals surface area contributed by atoms with Crippen molar-refractivity contribution < 1.29 is 40.2 Å². The number of carbonyl (C=O) groups is 2. The van der Waals surface area contributed by atoms with Gasteiger partial charge in [-0.25, -0.2) is 4.79 Å². The van der Waals surface area contributed by atoms with Crippen LogP contribution in [0, 0.1) is 0 Å². The Bertz CT molecular complexity index is 202. The zero-order valence-electron chi connectivity index (χ0n) is 6.77. The molecule has 0 spiro atoms. The molecule has 0 saturated carbocycles. The zero-order valence-corrected chi connectivity index (χ0v) is 6.77. The van der Waals surface area contributed by atoms with Crippen molar-refractivity contribution in [3.05, 3.63) is 0 Å². The normalized spacial score (nSPS) is 19.4. The van der Waals surface area contributed by atoms with E-state index in [4.69, 9.17) is 25.5 Å². The van der Waals surface area contributed by atoms with Crippen molar-refractivity contribution in [2.45, 2.75) is 24.4 Å².